The summed E-state index contributed by atoms with van der Waals surface area (Å²) in [6.07, 6.45) is 0.928. The Morgan fingerprint density at radius 2 is 1.85 bits per heavy atom. The number of amides is 2. The van der Waals surface area contributed by atoms with Crippen LogP contribution in [0.5, 0.6) is 0 Å². The molecule has 0 heterocycles. The van der Waals surface area contributed by atoms with Gasteiger partial charge in [-0.15, -0.1) is 11.8 Å². The molecular weight excluding hydrogens is 270 g/mol. The second-order valence-electron chi connectivity index (χ2n) is 4.97. The van der Waals surface area contributed by atoms with Gasteiger partial charge in [0, 0.05) is 22.1 Å². The Hall–Kier alpha value is -1.55. The summed E-state index contributed by atoms with van der Waals surface area (Å²) in [6, 6.07) is 8.19. The third-order valence-corrected chi connectivity index (χ3v) is 3.59. The van der Waals surface area contributed by atoms with Crippen LogP contribution in [-0.4, -0.2) is 17.1 Å². The Morgan fingerprint density at radius 3 is 2.35 bits per heavy atom. The number of thioether (sulfide) groups is 1. The van der Waals surface area contributed by atoms with E-state index in [1.165, 1.54) is 4.90 Å². The largest absolute Gasteiger partial charge is 0.293 e. The lowest BCUT2D eigenvalue weighted by Crippen LogP contribution is -2.30. The van der Waals surface area contributed by atoms with Gasteiger partial charge >= 0.3 is 0 Å². The zero-order valence-corrected chi connectivity index (χ0v) is 13.0. The van der Waals surface area contributed by atoms with E-state index in [1.807, 2.05) is 23.9 Å². The molecule has 0 saturated carbocycles. The zero-order valence-electron chi connectivity index (χ0n) is 12.2. The van der Waals surface area contributed by atoms with Gasteiger partial charge in [0.25, 0.3) is 5.91 Å². The molecule has 0 unspecified atom stereocenters. The van der Waals surface area contributed by atoms with E-state index < -0.39 is 5.91 Å². The zero-order chi connectivity index (χ0) is 15.1. The van der Waals surface area contributed by atoms with E-state index in [1.54, 1.807) is 6.92 Å². The summed E-state index contributed by atoms with van der Waals surface area (Å²) >= 11 is 1.81. The summed E-state index contributed by atoms with van der Waals surface area (Å²) in [4.78, 5) is 24.1. The molecule has 0 aliphatic heterocycles. The Bertz CT molecular complexity index is 492. The Morgan fingerprint density at radius 1 is 1.25 bits per heavy atom. The number of hydrogen-bond acceptors (Lipinski definition) is 3. The smallest absolute Gasteiger partial charge is 0.252 e. The first kappa shape index (κ1) is 16.5. The fourth-order valence-electron chi connectivity index (χ4n) is 1.56. The van der Waals surface area contributed by atoms with E-state index >= 15 is 0 Å². The quantitative estimate of drug-likeness (QED) is 0.646. The van der Waals surface area contributed by atoms with E-state index in [0.29, 0.717) is 23.7 Å². The molecule has 3 nitrogen and oxygen atoms in total. The van der Waals surface area contributed by atoms with Crippen molar-refractivity contribution in [3.8, 4) is 0 Å². The maximum absolute atomic E-state index is 11.6. The normalized spacial score (nSPS) is 10.4. The van der Waals surface area contributed by atoms with Gasteiger partial charge < -0.3 is 0 Å². The van der Waals surface area contributed by atoms with Crippen molar-refractivity contribution in [3.05, 3.63) is 42.0 Å². The van der Waals surface area contributed by atoms with Crippen molar-refractivity contribution in [2.75, 3.05) is 0 Å². The van der Waals surface area contributed by atoms with Gasteiger partial charge in [0.15, 0.2) is 0 Å². The Kier molecular flexibility index (Phi) is 6.52. The van der Waals surface area contributed by atoms with E-state index in [2.05, 4.69) is 37.9 Å². The highest BCUT2D eigenvalue weighted by molar-refractivity contribution is 7.99. The van der Waals surface area contributed by atoms with Crippen LogP contribution in [0.15, 0.2) is 41.3 Å². The lowest BCUT2D eigenvalue weighted by Gasteiger charge is -2.06. The molecule has 0 spiro atoms. The van der Waals surface area contributed by atoms with Gasteiger partial charge in [-0.2, -0.15) is 0 Å². The number of aryl methyl sites for hydroxylation is 1. The van der Waals surface area contributed by atoms with Crippen LogP contribution in [0.3, 0.4) is 0 Å². The van der Waals surface area contributed by atoms with Crippen molar-refractivity contribution >= 4 is 23.6 Å². The molecule has 1 aromatic rings. The van der Waals surface area contributed by atoms with Crippen LogP contribution in [-0.2, 0) is 16.0 Å². The van der Waals surface area contributed by atoms with E-state index in [0.717, 1.165) is 5.56 Å². The maximum atomic E-state index is 11.6. The molecule has 0 aromatic heterocycles. The molecule has 0 fully saturated rings. The number of carbonyl (C=O) groups is 2. The molecule has 0 atom stereocenters. The van der Waals surface area contributed by atoms with E-state index in [9.17, 15) is 9.59 Å². The molecule has 0 saturated heterocycles. The van der Waals surface area contributed by atoms with Gasteiger partial charge in [0.05, 0.1) is 0 Å². The van der Waals surface area contributed by atoms with E-state index in [4.69, 9.17) is 0 Å². The fraction of sp³-hybridized carbons (Fsp3) is 0.375. The van der Waals surface area contributed by atoms with Crippen LogP contribution in [0, 0.1) is 0 Å². The maximum Gasteiger partial charge on any atom is 0.252 e. The highest BCUT2D eigenvalue weighted by Crippen LogP contribution is 2.23. The second-order valence-corrected chi connectivity index (χ2v) is 6.62. The highest BCUT2D eigenvalue weighted by Gasteiger charge is 2.08. The van der Waals surface area contributed by atoms with Gasteiger partial charge in [0.1, 0.15) is 0 Å². The minimum atomic E-state index is -0.404. The van der Waals surface area contributed by atoms with Crippen LogP contribution in [0.2, 0.25) is 0 Å². The van der Waals surface area contributed by atoms with Gasteiger partial charge in [-0.1, -0.05) is 32.6 Å². The third-order valence-electron chi connectivity index (χ3n) is 2.58. The van der Waals surface area contributed by atoms with Gasteiger partial charge in [-0.3, -0.25) is 14.9 Å². The fourth-order valence-corrected chi connectivity index (χ4v) is 2.40. The number of hydrogen-bond donors (Lipinski definition) is 1. The summed E-state index contributed by atoms with van der Waals surface area (Å²) in [5, 5.41) is 2.86. The van der Waals surface area contributed by atoms with Gasteiger partial charge in [-0.25, -0.2) is 0 Å². The predicted molar refractivity (Wildman–Crippen MR) is 83.7 cm³/mol. The molecule has 0 radical (unpaired) electrons. The summed E-state index contributed by atoms with van der Waals surface area (Å²) in [6.45, 7) is 9.38. The number of rotatable bonds is 6. The van der Waals surface area contributed by atoms with Crippen LogP contribution in [0.4, 0.5) is 0 Å². The SMILES string of the molecule is C=C(C)C(=O)NC(=O)CCc1ccc(SC(C)C)cc1. The van der Waals surface area contributed by atoms with Crippen molar-refractivity contribution in [1.29, 1.82) is 0 Å². The summed E-state index contributed by atoms with van der Waals surface area (Å²) < 4.78 is 0. The van der Waals surface area contributed by atoms with Gasteiger partial charge in [0.2, 0.25) is 5.91 Å². The van der Waals surface area contributed by atoms with Crippen LogP contribution in [0.25, 0.3) is 0 Å². The first-order chi connectivity index (χ1) is 9.38. The predicted octanol–water partition coefficient (Wildman–Crippen LogP) is 3.34. The third kappa shape index (κ3) is 6.06. The van der Waals surface area contributed by atoms with E-state index in [-0.39, 0.29) is 5.91 Å². The molecule has 0 aliphatic rings. The molecule has 0 bridgehead atoms. The van der Waals surface area contributed by atoms with Crippen LogP contribution in [0.1, 0.15) is 32.8 Å². The molecule has 4 heteroatoms. The summed E-state index contributed by atoms with van der Waals surface area (Å²) in [5.74, 6) is -0.669. The number of imide groups is 1. The molecule has 1 rings (SSSR count). The van der Waals surface area contributed by atoms with Crippen molar-refractivity contribution < 1.29 is 9.59 Å². The molecular formula is C16H21NO2S. The Balaban J connectivity index is 2.43. The van der Waals surface area contributed by atoms with Crippen molar-refractivity contribution in [2.24, 2.45) is 0 Å². The average Bonchev–Trinajstić information content (AvgIpc) is 2.37. The second kappa shape index (κ2) is 7.90. The first-order valence-corrected chi connectivity index (χ1v) is 7.51. The topological polar surface area (TPSA) is 46.2 Å². The highest BCUT2D eigenvalue weighted by atomic mass is 32.2. The minimum absolute atomic E-state index is 0.265. The van der Waals surface area contributed by atoms with Crippen molar-refractivity contribution in [1.82, 2.24) is 5.32 Å². The lowest BCUT2D eigenvalue weighted by atomic mass is 10.1. The summed E-state index contributed by atoms with van der Waals surface area (Å²) in [7, 11) is 0. The molecule has 1 N–H and O–H groups in total. The number of carbonyl (C=O) groups excluding carboxylic acids is 2. The van der Waals surface area contributed by atoms with Crippen molar-refractivity contribution in [2.45, 2.75) is 43.8 Å². The lowest BCUT2D eigenvalue weighted by molar-refractivity contribution is -0.128. The Labute approximate surface area is 124 Å². The molecule has 20 heavy (non-hydrogen) atoms. The molecule has 108 valence electrons. The number of benzene rings is 1. The van der Waals surface area contributed by atoms with Crippen LogP contribution < -0.4 is 5.32 Å². The van der Waals surface area contributed by atoms with Crippen molar-refractivity contribution in [3.63, 3.8) is 0 Å². The first-order valence-electron chi connectivity index (χ1n) is 6.63. The molecule has 2 amide bonds. The monoisotopic (exact) mass is 291 g/mol. The standard InChI is InChI=1S/C16H21NO2S/c1-11(2)16(19)17-15(18)10-7-13-5-8-14(9-6-13)20-12(3)4/h5-6,8-9,12H,1,7,10H2,2-4H3,(H,17,18,19). The number of nitrogens with one attached hydrogen (secondary N) is 1. The van der Waals surface area contributed by atoms with Gasteiger partial charge in [-0.05, 0) is 31.0 Å². The van der Waals surface area contributed by atoms with Crippen LogP contribution >= 0.6 is 11.8 Å². The minimum Gasteiger partial charge on any atom is -0.293 e. The summed E-state index contributed by atoms with van der Waals surface area (Å²) in [5.41, 5.74) is 1.43. The molecule has 1 aromatic carbocycles. The average molecular weight is 291 g/mol. The molecule has 0 aliphatic carbocycles.